The smallest absolute Gasteiger partial charge is 0.219 e. The third-order valence-electron chi connectivity index (χ3n) is 2.85. The topological polar surface area (TPSA) is 42.4 Å². The van der Waals surface area contributed by atoms with Crippen molar-refractivity contribution in [2.24, 2.45) is 0 Å². The molecule has 1 atom stereocenters. The summed E-state index contributed by atoms with van der Waals surface area (Å²) in [6.45, 7) is 4.04. The molecule has 0 saturated carbocycles. The zero-order valence-corrected chi connectivity index (χ0v) is 10.8. The second kappa shape index (κ2) is 5.19. The van der Waals surface area contributed by atoms with Gasteiger partial charge >= 0.3 is 0 Å². The van der Waals surface area contributed by atoms with E-state index in [4.69, 9.17) is 4.74 Å². The minimum Gasteiger partial charge on any atom is -0.481 e. The Morgan fingerprint density at radius 1 is 1.17 bits per heavy atom. The first-order valence-corrected chi connectivity index (χ1v) is 5.87. The molecule has 2 rings (SSSR count). The number of pyridine rings is 1. The Morgan fingerprint density at radius 2 is 1.83 bits per heavy atom. The first-order valence-electron chi connectivity index (χ1n) is 5.87. The zero-order valence-electron chi connectivity index (χ0n) is 10.8. The summed E-state index contributed by atoms with van der Waals surface area (Å²) in [4.78, 5) is 4.11. The second-order valence-corrected chi connectivity index (χ2v) is 4.43. The average molecular weight is 243 g/mol. The highest BCUT2D eigenvalue weighted by Crippen LogP contribution is 2.28. The van der Waals surface area contributed by atoms with Crippen LogP contribution in [0, 0.1) is 13.8 Å². The molecule has 2 aromatic rings. The molecular formula is C15H17NO2. The number of aryl methyl sites for hydroxylation is 2. The lowest BCUT2D eigenvalue weighted by atomic mass is 9.99. The molecule has 1 aromatic heterocycles. The maximum atomic E-state index is 10.4. The minimum absolute atomic E-state index is 0.462. The van der Waals surface area contributed by atoms with Crippen LogP contribution in [0.2, 0.25) is 0 Å². The van der Waals surface area contributed by atoms with Gasteiger partial charge in [-0.25, -0.2) is 4.98 Å². The van der Waals surface area contributed by atoms with Crippen LogP contribution in [-0.2, 0) is 0 Å². The number of aromatic nitrogens is 1. The molecule has 3 heteroatoms. The second-order valence-electron chi connectivity index (χ2n) is 4.43. The molecule has 0 aliphatic carbocycles. The molecular weight excluding hydrogens is 226 g/mol. The van der Waals surface area contributed by atoms with E-state index in [2.05, 4.69) is 11.1 Å². The van der Waals surface area contributed by atoms with E-state index in [0.29, 0.717) is 11.4 Å². The first-order chi connectivity index (χ1) is 8.61. The molecule has 0 fully saturated rings. The molecule has 0 bridgehead atoms. The number of methoxy groups -OCH3 is 1. The Balaban J connectivity index is 2.44. The molecule has 0 spiro atoms. The lowest BCUT2D eigenvalue weighted by molar-refractivity contribution is 0.213. The summed E-state index contributed by atoms with van der Waals surface area (Å²) < 4.78 is 5.18. The average Bonchev–Trinajstić information content (AvgIpc) is 2.36. The molecule has 18 heavy (non-hydrogen) atoms. The Hall–Kier alpha value is -1.87. The Bertz CT molecular complexity index is 532. The molecule has 3 nitrogen and oxygen atoms in total. The van der Waals surface area contributed by atoms with Gasteiger partial charge in [-0.1, -0.05) is 29.3 Å². The van der Waals surface area contributed by atoms with E-state index < -0.39 is 6.10 Å². The zero-order chi connectivity index (χ0) is 13.1. The lowest BCUT2D eigenvalue weighted by Gasteiger charge is -2.15. The quantitative estimate of drug-likeness (QED) is 0.901. The predicted molar refractivity (Wildman–Crippen MR) is 70.8 cm³/mol. The molecule has 94 valence electrons. The molecule has 0 aliphatic heterocycles. The summed E-state index contributed by atoms with van der Waals surface area (Å²) in [6, 6.07) is 9.66. The number of nitrogens with zero attached hydrogens (tertiary/aromatic N) is 1. The summed E-state index contributed by atoms with van der Waals surface area (Å²) in [5.41, 5.74) is 3.81. The predicted octanol–water partition coefficient (Wildman–Crippen LogP) is 2.79. The molecule has 0 aliphatic rings. The fourth-order valence-electron chi connectivity index (χ4n) is 2.13. The third-order valence-corrected chi connectivity index (χ3v) is 2.85. The van der Waals surface area contributed by atoms with Crippen molar-refractivity contribution in [1.29, 1.82) is 0 Å². The van der Waals surface area contributed by atoms with Crippen LogP contribution in [0.1, 0.15) is 28.4 Å². The molecule has 1 unspecified atom stereocenters. The molecule has 1 aromatic carbocycles. The number of rotatable bonds is 3. The van der Waals surface area contributed by atoms with Crippen LogP contribution in [-0.4, -0.2) is 17.2 Å². The van der Waals surface area contributed by atoms with Crippen LogP contribution in [0.4, 0.5) is 0 Å². The van der Waals surface area contributed by atoms with Crippen molar-refractivity contribution >= 4 is 0 Å². The van der Waals surface area contributed by atoms with Gasteiger partial charge in [-0.3, -0.25) is 0 Å². The van der Waals surface area contributed by atoms with Crippen LogP contribution in [0.3, 0.4) is 0 Å². The highest BCUT2D eigenvalue weighted by atomic mass is 16.5. The van der Waals surface area contributed by atoms with Crippen LogP contribution >= 0.6 is 0 Å². The fourth-order valence-corrected chi connectivity index (χ4v) is 2.13. The van der Waals surface area contributed by atoms with Crippen LogP contribution in [0.5, 0.6) is 5.88 Å². The van der Waals surface area contributed by atoms with Crippen molar-refractivity contribution in [2.45, 2.75) is 20.0 Å². The van der Waals surface area contributed by atoms with Crippen LogP contribution in [0.15, 0.2) is 36.5 Å². The minimum atomic E-state index is -0.716. The highest BCUT2D eigenvalue weighted by molar-refractivity contribution is 5.38. The van der Waals surface area contributed by atoms with Gasteiger partial charge in [-0.05, 0) is 31.5 Å². The molecule has 1 heterocycles. The largest absolute Gasteiger partial charge is 0.481 e. The Morgan fingerprint density at radius 3 is 2.44 bits per heavy atom. The van der Waals surface area contributed by atoms with Gasteiger partial charge < -0.3 is 9.84 Å². The van der Waals surface area contributed by atoms with E-state index in [1.165, 1.54) is 0 Å². The SMILES string of the molecule is COc1ncccc1C(O)c1cc(C)cc(C)c1. The summed E-state index contributed by atoms with van der Waals surface area (Å²) in [5.74, 6) is 0.462. The van der Waals surface area contributed by atoms with E-state index in [0.717, 1.165) is 16.7 Å². The van der Waals surface area contributed by atoms with E-state index in [1.54, 1.807) is 19.4 Å². The van der Waals surface area contributed by atoms with Gasteiger partial charge in [0.25, 0.3) is 0 Å². The Labute approximate surface area is 107 Å². The fraction of sp³-hybridized carbons (Fsp3) is 0.267. The van der Waals surface area contributed by atoms with Crippen LogP contribution in [0.25, 0.3) is 0 Å². The Kier molecular flexibility index (Phi) is 3.63. The molecule has 0 amide bonds. The first kappa shape index (κ1) is 12.6. The highest BCUT2D eigenvalue weighted by Gasteiger charge is 2.16. The monoisotopic (exact) mass is 243 g/mol. The van der Waals surface area contributed by atoms with Crippen molar-refractivity contribution in [2.75, 3.05) is 7.11 Å². The summed E-state index contributed by atoms with van der Waals surface area (Å²) >= 11 is 0. The van der Waals surface area contributed by atoms with Gasteiger partial charge in [0.05, 0.1) is 7.11 Å². The third kappa shape index (κ3) is 2.51. The maximum absolute atomic E-state index is 10.4. The lowest BCUT2D eigenvalue weighted by Crippen LogP contribution is -2.04. The molecule has 0 saturated heterocycles. The van der Waals surface area contributed by atoms with Crippen molar-refractivity contribution in [1.82, 2.24) is 4.98 Å². The maximum Gasteiger partial charge on any atom is 0.219 e. The van der Waals surface area contributed by atoms with E-state index in [-0.39, 0.29) is 0 Å². The number of ether oxygens (including phenoxy) is 1. The normalized spacial score (nSPS) is 12.2. The number of aliphatic hydroxyl groups is 1. The van der Waals surface area contributed by atoms with Crippen molar-refractivity contribution in [3.05, 3.63) is 58.8 Å². The summed E-state index contributed by atoms with van der Waals surface area (Å²) in [5, 5.41) is 10.4. The standard InChI is InChI=1S/C15H17NO2/c1-10-7-11(2)9-12(8-10)14(17)13-5-4-6-16-15(13)18-3/h4-9,14,17H,1-3H3. The van der Waals surface area contributed by atoms with Gasteiger partial charge in [-0.15, -0.1) is 0 Å². The van der Waals surface area contributed by atoms with Gasteiger partial charge in [0.15, 0.2) is 0 Å². The van der Waals surface area contributed by atoms with E-state index in [9.17, 15) is 5.11 Å². The van der Waals surface area contributed by atoms with Crippen molar-refractivity contribution in [3.63, 3.8) is 0 Å². The number of aliphatic hydroxyl groups excluding tert-OH is 1. The number of benzene rings is 1. The van der Waals surface area contributed by atoms with Gasteiger partial charge in [-0.2, -0.15) is 0 Å². The summed E-state index contributed by atoms with van der Waals surface area (Å²) in [7, 11) is 1.56. The van der Waals surface area contributed by atoms with E-state index >= 15 is 0 Å². The van der Waals surface area contributed by atoms with Gasteiger partial charge in [0.2, 0.25) is 5.88 Å². The van der Waals surface area contributed by atoms with Crippen molar-refractivity contribution in [3.8, 4) is 5.88 Å². The number of hydrogen-bond acceptors (Lipinski definition) is 3. The molecule has 1 N–H and O–H groups in total. The molecule has 0 radical (unpaired) electrons. The van der Waals surface area contributed by atoms with Crippen LogP contribution < -0.4 is 4.74 Å². The van der Waals surface area contributed by atoms with E-state index in [1.807, 2.05) is 32.0 Å². The number of hydrogen-bond donors (Lipinski definition) is 1. The summed E-state index contributed by atoms with van der Waals surface area (Å²) in [6.07, 6.45) is 0.934. The van der Waals surface area contributed by atoms with Gasteiger partial charge in [0, 0.05) is 11.8 Å². The van der Waals surface area contributed by atoms with Crippen molar-refractivity contribution < 1.29 is 9.84 Å². The van der Waals surface area contributed by atoms with Gasteiger partial charge in [0.1, 0.15) is 6.10 Å².